The summed E-state index contributed by atoms with van der Waals surface area (Å²) in [7, 11) is 0. The lowest BCUT2D eigenvalue weighted by Gasteiger charge is -2.27. The molecule has 0 amide bonds. The van der Waals surface area contributed by atoms with Crippen molar-refractivity contribution in [3.8, 4) is 0 Å². The van der Waals surface area contributed by atoms with Crippen LogP contribution in [0.5, 0.6) is 0 Å². The Bertz CT molecular complexity index is 513. The van der Waals surface area contributed by atoms with Crippen LogP contribution >= 0.6 is 11.6 Å². The molecule has 0 saturated heterocycles. The van der Waals surface area contributed by atoms with E-state index < -0.39 is 0 Å². The first-order valence-corrected chi connectivity index (χ1v) is 6.67. The van der Waals surface area contributed by atoms with Crippen LogP contribution in [-0.2, 0) is 0 Å². The highest BCUT2D eigenvalue weighted by Crippen LogP contribution is 2.25. The van der Waals surface area contributed by atoms with E-state index in [0.717, 1.165) is 18.5 Å². The van der Waals surface area contributed by atoms with Gasteiger partial charge in [-0.25, -0.2) is 0 Å². The molecule has 0 fully saturated rings. The zero-order chi connectivity index (χ0) is 13.8. The lowest BCUT2D eigenvalue weighted by atomic mass is 9.97. The summed E-state index contributed by atoms with van der Waals surface area (Å²) < 4.78 is 0. The van der Waals surface area contributed by atoms with E-state index in [0.29, 0.717) is 35.1 Å². The number of nitrogens with one attached hydrogen (secondary N) is 1. The van der Waals surface area contributed by atoms with Crippen LogP contribution in [0.15, 0.2) is 29.8 Å². The van der Waals surface area contributed by atoms with Crippen LogP contribution in [0.4, 0.5) is 5.69 Å². The Kier molecular flexibility index (Phi) is 4.58. The fraction of sp³-hybridized carbons (Fsp3) is 0.357. The van der Waals surface area contributed by atoms with Gasteiger partial charge in [-0.2, -0.15) is 0 Å². The molecule has 102 valence electrons. The number of hydrogen-bond donors (Lipinski definition) is 3. The zero-order valence-electron chi connectivity index (χ0n) is 10.7. The molecular weight excluding hydrogens is 262 g/mol. The summed E-state index contributed by atoms with van der Waals surface area (Å²) >= 11 is 5.99. The highest BCUT2D eigenvalue weighted by Gasteiger charge is 2.18. The van der Waals surface area contributed by atoms with Crippen LogP contribution in [-0.4, -0.2) is 42.0 Å². The third-order valence-electron chi connectivity index (χ3n) is 3.29. The van der Waals surface area contributed by atoms with Gasteiger partial charge in [0.15, 0.2) is 0 Å². The molecule has 19 heavy (non-hydrogen) atoms. The highest BCUT2D eigenvalue weighted by atomic mass is 35.5. The first-order valence-electron chi connectivity index (χ1n) is 6.29. The first-order chi connectivity index (χ1) is 9.13. The van der Waals surface area contributed by atoms with Crippen molar-refractivity contribution >= 4 is 23.0 Å². The minimum atomic E-state index is 0.139. The largest absolute Gasteiger partial charge is 0.397 e. The highest BCUT2D eigenvalue weighted by molar-refractivity contribution is 6.34. The van der Waals surface area contributed by atoms with Crippen LogP contribution in [0, 0.1) is 5.41 Å². The minimum absolute atomic E-state index is 0.139. The third kappa shape index (κ3) is 3.15. The van der Waals surface area contributed by atoms with E-state index in [1.165, 1.54) is 0 Å². The third-order valence-corrected chi connectivity index (χ3v) is 3.62. The lowest BCUT2D eigenvalue weighted by Crippen LogP contribution is -2.34. The molecule has 1 aromatic rings. The second-order valence-corrected chi connectivity index (χ2v) is 5.00. The standard InChI is InChI=1S/C14H18ClN3O/c15-12-5-1-4-11(14(12)17)13(16)10-3-2-6-18(9-10)7-8-19/h1,3-5,16,19H,2,6-9,17H2. The van der Waals surface area contributed by atoms with Crippen molar-refractivity contribution in [1.82, 2.24) is 4.90 Å². The number of halogens is 1. The van der Waals surface area contributed by atoms with Gasteiger partial charge in [-0.05, 0) is 18.1 Å². The number of nitrogen functional groups attached to an aromatic ring is 1. The summed E-state index contributed by atoms with van der Waals surface area (Å²) in [5, 5.41) is 17.8. The molecule has 1 aromatic carbocycles. The number of benzene rings is 1. The number of rotatable bonds is 4. The molecule has 0 aliphatic carbocycles. The van der Waals surface area contributed by atoms with Crippen molar-refractivity contribution in [2.75, 3.05) is 32.0 Å². The van der Waals surface area contributed by atoms with Gasteiger partial charge in [0, 0.05) is 25.2 Å². The average molecular weight is 280 g/mol. The predicted molar refractivity (Wildman–Crippen MR) is 78.9 cm³/mol. The van der Waals surface area contributed by atoms with Crippen molar-refractivity contribution in [3.63, 3.8) is 0 Å². The maximum absolute atomic E-state index is 8.99. The number of nitrogens with two attached hydrogens (primary N) is 1. The fourth-order valence-corrected chi connectivity index (χ4v) is 2.42. The van der Waals surface area contributed by atoms with Gasteiger partial charge in [0.1, 0.15) is 0 Å². The summed E-state index contributed by atoms with van der Waals surface area (Å²) in [6.07, 6.45) is 2.95. The number of nitrogens with zero attached hydrogens (tertiary/aromatic N) is 1. The van der Waals surface area contributed by atoms with E-state index >= 15 is 0 Å². The Balaban J connectivity index is 2.20. The van der Waals surface area contributed by atoms with Gasteiger partial charge < -0.3 is 10.8 Å². The van der Waals surface area contributed by atoms with Crippen LogP contribution in [0.1, 0.15) is 12.0 Å². The van der Waals surface area contributed by atoms with Gasteiger partial charge in [-0.3, -0.25) is 10.3 Å². The van der Waals surface area contributed by atoms with E-state index in [2.05, 4.69) is 11.0 Å². The number of aliphatic hydroxyl groups excluding tert-OH is 1. The van der Waals surface area contributed by atoms with Gasteiger partial charge >= 0.3 is 0 Å². The maximum Gasteiger partial charge on any atom is 0.0675 e. The average Bonchev–Trinajstić information content (AvgIpc) is 2.42. The molecule has 4 N–H and O–H groups in total. The summed E-state index contributed by atoms with van der Waals surface area (Å²) in [6.45, 7) is 2.36. The SMILES string of the molecule is N=C(C1=CCCN(CCO)C1)c1cccc(Cl)c1N. The summed E-state index contributed by atoms with van der Waals surface area (Å²) in [5.41, 5.74) is 8.41. The van der Waals surface area contributed by atoms with Gasteiger partial charge in [-0.1, -0.05) is 29.8 Å². The number of hydrogen-bond acceptors (Lipinski definition) is 4. The van der Waals surface area contributed by atoms with Crippen molar-refractivity contribution in [3.05, 3.63) is 40.4 Å². The number of anilines is 1. The molecular formula is C14H18ClN3O. The van der Waals surface area contributed by atoms with Crippen LogP contribution < -0.4 is 5.73 Å². The van der Waals surface area contributed by atoms with Gasteiger partial charge in [-0.15, -0.1) is 0 Å². The van der Waals surface area contributed by atoms with E-state index in [4.69, 9.17) is 27.9 Å². The molecule has 1 aliphatic rings. The Morgan fingerprint density at radius 3 is 3.00 bits per heavy atom. The van der Waals surface area contributed by atoms with E-state index in [-0.39, 0.29) is 6.61 Å². The Hall–Kier alpha value is -1.36. The molecule has 0 saturated carbocycles. The van der Waals surface area contributed by atoms with E-state index in [1.807, 2.05) is 6.07 Å². The molecule has 0 aromatic heterocycles. The Labute approximate surface area is 118 Å². The van der Waals surface area contributed by atoms with Crippen molar-refractivity contribution < 1.29 is 5.11 Å². The van der Waals surface area contributed by atoms with E-state index in [1.54, 1.807) is 12.1 Å². The normalized spacial score (nSPS) is 16.2. The van der Waals surface area contributed by atoms with Crippen LogP contribution in [0.2, 0.25) is 5.02 Å². The fourth-order valence-electron chi connectivity index (χ4n) is 2.25. The summed E-state index contributed by atoms with van der Waals surface area (Å²) in [4.78, 5) is 2.13. The first kappa shape index (κ1) is 14.1. The smallest absolute Gasteiger partial charge is 0.0675 e. The molecule has 1 aliphatic heterocycles. The molecule has 4 nitrogen and oxygen atoms in total. The zero-order valence-corrected chi connectivity index (χ0v) is 11.5. The molecule has 0 spiro atoms. The molecule has 1 heterocycles. The second kappa shape index (κ2) is 6.19. The van der Waals surface area contributed by atoms with Crippen molar-refractivity contribution in [2.45, 2.75) is 6.42 Å². The van der Waals surface area contributed by atoms with Gasteiger partial charge in [0.2, 0.25) is 0 Å². The molecule has 5 heteroatoms. The monoisotopic (exact) mass is 279 g/mol. The Morgan fingerprint density at radius 1 is 1.47 bits per heavy atom. The molecule has 0 unspecified atom stereocenters. The predicted octanol–water partition coefficient (Wildman–Crippen LogP) is 1.91. The topological polar surface area (TPSA) is 73.3 Å². The molecule has 2 rings (SSSR count). The number of aliphatic hydroxyl groups is 1. The lowest BCUT2D eigenvalue weighted by molar-refractivity contribution is 0.205. The van der Waals surface area contributed by atoms with Crippen LogP contribution in [0.25, 0.3) is 0 Å². The Morgan fingerprint density at radius 2 is 2.26 bits per heavy atom. The van der Waals surface area contributed by atoms with Gasteiger partial charge in [0.05, 0.1) is 23.0 Å². The molecule has 0 atom stereocenters. The van der Waals surface area contributed by atoms with Gasteiger partial charge in [0.25, 0.3) is 0 Å². The quantitative estimate of drug-likeness (QED) is 0.582. The molecule has 0 bridgehead atoms. The number of para-hydroxylation sites is 1. The minimum Gasteiger partial charge on any atom is -0.397 e. The molecule has 0 radical (unpaired) electrons. The van der Waals surface area contributed by atoms with E-state index in [9.17, 15) is 0 Å². The van der Waals surface area contributed by atoms with Crippen molar-refractivity contribution in [2.24, 2.45) is 0 Å². The number of β-amino-alcohol motifs (C(OH)–C–C–N with tert-alkyl or cyclic N) is 1. The van der Waals surface area contributed by atoms with Crippen LogP contribution in [0.3, 0.4) is 0 Å². The van der Waals surface area contributed by atoms with Crippen molar-refractivity contribution in [1.29, 1.82) is 5.41 Å². The second-order valence-electron chi connectivity index (χ2n) is 4.59. The maximum atomic E-state index is 8.99. The summed E-state index contributed by atoms with van der Waals surface area (Å²) in [5.74, 6) is 0. The summed E-state index contributed by atoms with van der Waals surface area (Å²) in [6, 6.07) is 5.34.